The van der Waals surface area contributed by atoms with Gasteiger partial charge in [-0.2, -0.15) is 0 Å². The Morgan fingerprint density at radius 2 is 1.63 bits per heavy atom. The van der Waals surface area contributed by atoms with Gasteiger partial charge >= 0.3 is 18.2 Å². The van der Waals surface area contributed by atoms with E-state index in [4.69, 9.17) is 9.47 Å². The second-order valence-electron chi connectivity index (χ2n) is 11.1. The van der Waals surface area contributed by atoms with Crippen LogP contribution in [-0.4, -0.2) is 69.9 Å². The fourth-order valence-corrected chi connectivity index (χ4v) is 5.76. The molecule has 8 nitrogen and oxygen atoms in total. The average Bonchev–Trinajstić information content (AvgIpc) is 3.47. The molecule has 8 heteroatoms. The molecule has 1 aliphatic carbocycles. The molecule has 1 aliphatic heterocycles. The van der Waals surface area contributed by atoms with E-state index in [-0.39, 0.29) is 18.6 Å². The van der Waals surface area contributed by atoms with E-state index in [1.54, 1.807) is 4.90 Å². The molecular formula is C30H38N2O6. The van der Waals surface area contributed by atoms with Gasteiger partial charge in [0, 0.05) is 12.5 Å². The number of aliphatic carboxylic acids is 1. The summed E-state index contributed by atoms with van der Waals surface area (Å²) in [6.07, 6.45) is 0.724. The van der Waals surface area contributed by atoms with Crippen LogP contribution in [0.15, 0.2) is 48.5 Å². The molecule has 1 N–H and O–H groups in total. The second-order valence-corrected chi connectivity index (χ2v) is 11.1. The minimum absolute atomic E-state index is 0.0899. The van der Waals surface area contributed by atoms with Crippen molar-refractivity contribution in [3.8, 4) is 11.1 Å². The lowest BCUT2D eigenvalue weighted by atomic mass is 9.98. The lowest BCUT2D eigenvalue weighted by molar-refractivity contribution is -0.143. The summed E-state index contributed by atoms with van der Waals surface area (Å²) in [5, 5.41) is 9.90. The van der Waals surface area contributed by atoms with Crippen LogP contribution in [0.5, 0.6) is 0 Å². The summed E-state index contributed by atoms with van der Waals surface area (Å²) < 4.78 is 11.5. The molecule has 1 heterocycles. The van der Waals surface area contributed by atoms with Crippen molar-refractivity contribution in [2.75, 3.05) is 13.2 Å². The quantitative estimate of drug-likeness (QED) is 0.487. The zero-order valence-corrected chi connectivity index (χ0v) is 22.8. The second kappa shape index (κ2) is 11.1. The van der Waals surface area contributed by atoms with Crippen molar-refractivity contribution < 1.29 is 29.0 Å². The molecule has 0 bridgehead atoms. The fourth-order valence-electron chi connectivity index (χ4n) is 5.76. The Kier molecular flexibility index (Phi) is 7.99. The first-order chi connectivity index (χ1) is 18.0. The van der Waals surface area contributed by atoms with Gasteiger partial charge in [0.1, 0.15) is 18.2 Å². The third kappa shape index (κ3) is 5.49. The number of hydrogen-bond acceptors (Lipinski definition) is 5. The van der Waals surface area contributed by atoms with Gasteiger partial charge in [-0.05, 0) is 69.2 Å². The number of fused-ring (bicyclic) bond motifs is 3. The highest BCUT2D eigenvalue weighted by Gasteiger charge is 2.44. The van der Waals surface area contributed by atoms with Crippen molar-refractivity contribution in [3.05, 3.63) is 59.7 Å². The first-order valence-electron chi connectivity index (χ1n) is 13.4. The molecule has 0 spiro atoms. The number of likely N-dealkylation sites (tertiary alicyclic amines) is 1. The fraction of sp³-hybridized carbons (Fsp3) is 0.500. The largest absolute Gasteiger partial charge is 0.480 e. The summed E-state index contributed by atoms with van der Waals surface area (Å²) in [6, 6.07) is 14.1. The standard InChI is InChI=1S/C30H38N2O6/c1-6-25(26-16-11-17-31(26)28(35)38-30(3,4)5)32(19(2)27(33)34)29(36)37-18-24-22-14-9-7-12-20(22)21-13-8-10-15-23(21)24/h7-10,12-15,19,24-26H,6,11,16-18H2,1-5H3,(H,33,34)/t19-,25?,26-/m0/s1. The molecule has 2 amide bonds. The zero-order valence-electron chi connectivity index (χ0n) is 22.8. The maximum absolute atomic E-state index is 13.6. The van der Waals surface area contributed by atoms with Crippen molar-refractivity contribution in [1.29, 1.82) is 0 Å². The van der Waals surface area contributed by atoms with Gasteiger partial charge in [-0.1, -0.05) is 55.5 Å². The number of carboxylic acids is 1. The van der Waals surface area contributed by atoms with E-state index in [1.165, 1.54) is 11.8 Å². The molecule has 2 aromatic rings. The Bertz CT molecular complexity index is 1140. The molecule has 1 fully saturated rings. The Balaban J connectivity index is 1.57. The van der Waals surface area contributed by atoms with Crippen LogP contribution in [0.4, 0.5) is 9.59 Å². The predicted octanol–water partition coefficient (Wildman–Crippen LogP) is 5.89. The van der Waals surface area contributed by atoms with Gasteiger partial charge in [0.2, 0.25) is 0 Å². The highest BCUT2D eigenvalue weighted by Crippen LogP contribution is 2.44. The number of carbonyl (C=O) groups excluding carboxylic acids is 2. The van der Waals surface area contributed by atoms with E-state index in [0.717, 1.165) is 28.7 Å². The number of benzene rings is 2. The minimum atomic E-state index is -1.13. The smallest absolute Gasteiger partial charge is 0.410 e. The summed E-state index contributed by atoms with van der Waals surface area (Å²) in [6.45, 7) is 9.39. The summed E-state index contributed by atoms with van der Waals surface area (Å²) in [7, 11) is 0. The zero-order chi connectivity index (χ0) is 27.6. The van der Waals surface area contributed by atoms with Crippen LogP contribution in [0.2, 0.25) is 0 Å². The first-order valence-corrected chi connectivity index (χ1v) is 13.4. The molecule has 1 saturated heterocycles. The van der Waals surface area contributed by atoms with Crippen LogP contribution in [-0.2, 0) is 14.3 Å². The molecule has 4 rings (SSSR count). The Morgan fingerprint density at radius 3 is 2.16 bits per heavy atom. The van der Waals surface area contributed by atoms with Crippen molar-refractivity contribution >= 4 is 18.2 Å². The summed E-state index contributed by atoms with van der Waals surface area (Å²) in [5.74, 6) is -1.27. The Labute approximate surface area is 224 Å². The minimum Gasteiger partial charge on any atom is -0.480 e. The first kappa shape index (κ1) is 27.5. The van der Waals surface area contributed by atoms with Crippen molar-refractivity contribution in [2.45, 2.75) is 83.5 Å². The van der Waals surface area contributed by atoms with Crippen LogP contribution in [0.25, 0.3) is 11.1 Å². The van der Waals surface area contributed by atoms with Crippen LogP contribution in [0, 0.1) is 0 Å². The van der Waals surface area contributed by atoms with Gasteiger partial charge < -0.3 is 19.5 Å². The van der Waals surface area contributed by atoms with Crippen LogP contribution in [0.1, 0.15) is 70.9 Å². The van der Waals surface area contributed by atoms with Crippen LogP contribution in [0.3, 0.4) is 0 Å². The molecule has 0 aromatic heterocycles. The molecule has 1 unspecified atom stereocenters. The lowest BCUT2D eigenvalue weighted by Gasteiger charge is -2.40. The highest BCUT2D eigenvalue weighted by molar-refractivity contribution is 5.81. The number of carbonyl (C=O) groups is 3. The van der Waals surface area contributed by atoms with E-state index in [0.29, 0.717) is 19.4 Å². The van der Waals surface area contributed by atoms with E-state index in [9.17, 15) is 19.5 Å². The third-order valence-corrected chi connectivity index (χ3v) is 7.47. The van der Waals surface area contributed by atoms with Gasteiger partial charge in [0.25, 0.3) is 0 Å². The maximum Gasteiger partial charge on any atom is 0.410 e. The number of ether oxygens (including phenoxy) is 2. The highest BCUT2D eigenvalue weighted by atomic mass is 16.6. The van der Waals surface area contributed by atoms with Gasteiger partial charge in [-0.25, -0.2) is 14.4 Å². The molecule has 3 atom stereocenters. The summed E-state index contributed by atoms with van der Waals surface area (Å²) in [4.78, 5) is 41.7. The predicted molar refractivity (Wildman–Crippen MR) is 144 cm³/mol. The van der Waals surface area contributed by atoms with E-state index in [2.05, 4.69) is 12.1 Å². The Morgan fingerprint density at radius 1 is 1.05 bits per heavy atom. The molecule has 204 valence electrons. The molecule has 2 aliphatic rings. The van der Waals surface area contributed by atoms with E-state index in [1.807, 2.05) is 64.1 Å². The van der Waals surface area contributed by atoms with Gasteiger partial charge in [-0.15, -0.1) is 0 Å². The topological polar surface area (TPSA) is 96.4 Å². The van der Waals surface area contributed by atoms with E-state index < -0.39 is 35.8 Å². The number of hydrogen-bond donors (Lipinski definition) is 1. The normalized spacial score (nSPS) is 18.3. The molecule has 38 heavy (non-hydrogen) atoms. The number of rotatable bonds is 7. The maximum atomic E-state index is 13.6. The van der Waals surface area contributed by atoms with Crippen molar-refractivity contribution in [2.24, 2.45) is 0 Å². The summed E-state index contributed by atoms with van der Waals surface area (Å²) in [5.41, 5.74) is 3.74. The third-order valence-electron chi connectivity index (χ3n) is 7.47. The van der Waals surface area contributed by atoms with E-state index >= 15 is 0 Å². The molecular weight excluding hydrogens is 484 g/mol. The number of nitrogens with zero attached hydrogens (tertiary/aromatic N) is 2. The monoisotopic (exact) mass is 522 g/mol. The van der Waals surface area contributed by atoms with Crippen LogP contribution < -0.4 is 0 Å². The van der Waals surface area contributed by atoms with Gasteiger partial charge in [0.15, 0.2) is 0 Å². The number of carboxylic acid groups (broad SMARTS) is 1. The van der Waals surface area contributed by atoms with Gasteiger partial charge in [0.05, 0.1) is 12.1 Å². The van der Waals surface area contributed by atoms with Crippen molar-refractivity contribution in [3.63, 3.8) is 0 Å². The molecule has 2 aromatic carbocycles. The number of amides is 2. The molecule has 0 radical (unpaired) electrons. The Hall–Kier alpha value is -3.55. The van der Waals surface area contributed by atoms with Crippen molar-refractivity contribution in [1.82, 2.24) is 9.80 Å². The van der Waals surface area contributed by atoms with Gasteiger partial charge in [-0.3, -0.25) is 4.90 Å². The molecule has 0 saturated carbocycles. The summed E-state index contributed by atoms with van der Waals surface area (Å²) >= 11 is 0. The average molecular weight is 523 g/mol. The SMILES string of the molecule is CCC([C@@H]1CCCN1C(=O)OC(C)(C)C)N(C(=O)OCC1c2ccccc2-c2ccccc21)[C@@H](C)C(=O)O. The lowest BCUT2D eigenvalue weighted by Crippen LogP contribution is -2.57. The van der Waals surface area contributed by atoms with Crippen LogP contribution >= 0.6 is 0 Å².